The van der Waals surface area contributed by atoms with Crippen LogP contribution in [-0.4, -0.2) is 40.6 Å². The van der Waals surface area contributed by atoms with Gasteiger partial charge in [-0.2, -0.15) is 5.10 Å². The lowest BCUT2D eigenvalue weighted by Gasteiger charge is -2.28. The minimum Gasteiger partial charge on any atom is -0.461 e. The quantitative estimate of drug-likeness (QED) is 0.566. The van der Waals surface area contributed by atoms with Gasteiger partial charge in [-0.1, -0.05) is 0 Å². The van der Waals surface area contributed by atoms with Crippen molar-refractivity contribution in [1.82, 2.24) is 15.1 Å². The van der Waals surface area contributed by atoms with E-state index in [-0.39, 0.29) is 13.2 Å². The zero-order chi connectivity index (χ0) is 17.8. The van der Waals surface area contributed by atoms with Gasteiger partial charge in [-0.3, -0.25) is 0 Å². The maximum absolute atomic E-state index is 12.1. The molecule has 0 aliphatic carbocycles. The fourth-order valence-electron chi connectivity index (χ4n) is 1.85. The number of nitrogens with zero attached hydrogens (tertiary/aromatic N) is 2. The number of hydrogen-bond donors (Lipinski definition) is 1. The van der Waals surface area contributed by atoms with E-state index >= 15 is 0 Å². The number of carbonyl (C=O) groups is 2. The van der Waals surface area contributed by atoms with E-state index in [9.17, 15) is 9.59 Å². The number of amides is 1. The van der Waals surface area contributed by atoms with Gasteiger partial charge in [-0.15, -0.1) is 0 Å². The number of alkyl carbamates (subject to hydrolysis) is 1. The summed E-state index contributed by atoms with van der Waals surface area (Å²) >= 11 is 2.04. The van der Waals surface area contributed by atoms with Crippen LogP contribution in [0.15, 0.2) is 6.20 Å². The first-order chi connectivity index (χ1) is 10.5. The Balaban J connectivity index is 2.88. The third-order valence-corrected chi connectivity index (χ3v) is 3.62. The third-order valence-electron chi connectivity index (χ3n) is 2.83. The summed E-state index contributed by atoms with van der Waals surface area (Å²) in [5, 5.41) is 6.97. The van der Waals surface area contributed by atoms with Crippen LogP contribution in [0.2, 0.25) is 0 Å². The summed E-state index contributed by atoms with van der Waals surface area (Å²) < 4.78 is 12.6. The Morgan fingerprint density at radius 2 is 1.91 bits per heavy atom. The molecule has 23 heavy (non-hydrogen) atoms. The molecule has 1 rings (SSSR count). The normalized spacial score (nSPS) is 12.0. The highest BCUT2D eigenvalue weighted by Gasteiger charge is 2.30. The molecule has 130 valence electrons. The highest BCUT2D eigenvalue weighted by molar-refractivity contribution is 14.1. The van der Waals surface area contributed by atoms with Crippen molar-refractivity contribution in [3.63, 3.8) is 0 Å². The molecule has 0 saturated heterocycles. The molecule has 0 aliphatic heterocycles. The first kappa shape index (κ1) is 19.7. The van der Waals surface area contributed by atoms with E-state index in [1.54, 1.807) is 38.6 Å². The molecule has 0 bridgehead atoms. The van der Waals surface area contributed by atoms with Crippen molar-refractivity contribution in [2.24, 2.45) is 0 Å². The lowest BCUT2D eigenvalue weighted by molar-refractivity contribution is 0.0489. The number of aromatic nitrogens is 2. The molecule has 0 aliphatic rings. The van der Waals surface area contributed by atoms with Crippen LogP contribution in [0.1, 0.15) is 52.0 Å². The van der Waals surface area contributed by atoms with Gasteiger partial charge in [0.05, 0.1) is 21.9 Å². The molecule has 1 aromatic rings. The number of halogens is 1. The van der Waals surface area contributed by atoms with Gasteiger partial charge in [-0.25, -0.2) is 14.3 Å². The molecule has 0 spiro atoms. The zero-order valence-electron chi connectivity index (χ0n) is 14.4. The summed E-state index contributed by atoms with van der Waals surface area (Å²) in [4.78, 5) is 23.9. The van der Waals surface area contributed by atoms with Crippen molar-refractivity contribution in [3.8, 4) is 0 Å². The second-order valence-electron chi connectivity index (χ2n) is 6.64. The summed E-state index contributed by atoms with van der Waals surface area (Å²) in [7, 11) is 0. The Bertz CT molecular complexity index is 576. The number of rotatable bonds is 5. The smallest absolute Gasteiger partial charge is 0.407 e. The topological polar surface area (TPSA) is 82.5 Å². The number of esters is 1. The van der Waals surface area contributed by atoms with Gasteiger partial charge in [0.1, 0.15) is 5.60 Å². The van der Waals surface area contributed by atoms with E-state index in [0.29, 0.717) is 9.26 Å². The summed E-state index contributed by atoms with van der Waals surface area (Å²) in [5.41, 5.74) is -0.809. The van der Waals surface area contributed by atoms with Crippen LogP contribution < -0.4 is 5.32 Å². The molecule has 0 saturated carbocycles. The molecule has 1 N–H and O–H groups in total. The summed E-state index contributed by atoms with van der Waals surface area (Å²) in [6.45, 7) is 11.4. The number of hydrogen-bond acceptors (Lipinski definition) is 5. The second kappa shape index (κ2) is 7.50. The highest BCUT2D eigenvalue weighted by Crippen LogP contribution is 2.21. The van der Waals surface area contributed by atoms with Crippen LogP contribution in [0.25, 0.3) is 0 Å². The van der Waals surface area contributed by atoms with E-state index in [0.717, 1.165) is 0 Å². The predicted molar refractivity (Wildman–Crippen MR) is 94.5 cm³/mol. The summed E-state index contributed by atoms with van der Waals surface area (Å²) in [5.74, 6) is -0.431. The molecule has 1 aromatic heterocycles. The van der Waals surface area contributed by atoms with Gasteiger partial charge in [0, 0.05) is 6.54 Å². The first-order valence-electron chi connectivity index (χ1n) is 7.36. The largest absolute Gasteiger partial charge is 0.461 e. The van der Waals surface area contributed by atoms with E-state index in [2.05, 4.69) is 10.4 Å². The fraction of sp³-hybridized carbons (Fsp3) is 0.667. The Morgan fingerprint density at radius 3 is 2.43 bits per heavy atom. The Kier molecular flexibility index (Phi) is 6.43. The van der Waals surface area contributed by atoms with Gasteiger partial charge in [-0.05, 0) is 64.1 Å². The van der Waals surface area contributed by atoms with Crippen molar-refractivity contribution in [2.45, 2.75) is 52.7 Å². The number of ether oxygens (including phenoxy) is 2. The van der Waals surface area contributed by atoms with E-state index in [4.69, 9.17) is 9.47 Å². The molecule has 0 fully saturated rings. The molecule has 1 amide bonds. The van der Waals surface area contributed by atoms with Crippen LogP contribution in [-0.2, 0) is 15.0 Å². The molecule has 7 nitrogen and oxygen atoms in total. The molecular weight excluding hydrogens is 413 g/mol. The van der Waals surface area contributed by atoms with Crippen molar-refractivity contribution in [2.75, 3.05) is 13.2 Å². The van der Waals surface area contributed by atoms with E-state index in [1.807, 2.05) is 36.4 Å². The highest BCUT2D eigenvalue weighted by atomic mass is 127. The monoisotopic (exact) mass is 437 g/mol. The van der Waals surface area contributed by atoms with Crippen molar-refractivity contribution in [3.05, 3.63) is 15.5 Å². The minimum atomic E-state index is -0.623. The summed E-state index contributed by atoms with van der Waals surface area (Å²) in [6, 6.07) is 0. The number of carbonyl (C=O) groups excluding carboxylic acids is 2. The Hall–Kier alpha value is -1.32. The zero-order valence-corrected chi connectivity index (χ0v) is 16.6. The lowest BCUT2D eigenvalue weighted by atomic mass is 10.1. The van der Waals surface area contributed by atoms with Gasteiger partial charge in [0.25, 0.3) is 0 Å². The minimum absolute atomic E-state index is 0.256. The van der Waals surface area contributed by atoms with Crippen molar-refractivity contribution in [1.29, 1.82) is 0 Å². The Labute approximate surface area is 150 Å². The molecular formula is C15H24IN3O4. The second-order valence-corrected chi connectivity index (χ2v) is 7.80. The fourth-order valence-corrected chi connectivity index (χ4v) is 2.42. The van der Waals surface area contributed by atoms with E-state index in [1.165, 1.54) is 0 Å². The van der Waals surface area contributed by atoms with Crippen LogP contribution in [0.4, 0.5) is 4.79 Å². The molecule has 1 heterocycles. The van der Waals surface area contributed by atoms with Gasteiger partial charge >= 0.3 is 12.1 Å². The van der Waals surface area contributed by atoms with Crippen molar-refractivity contribution >= 4 is 34.7 Å². The SMILES string of the molecule is CCOC(=O)c1c(I)cnn1C(C)(C)CNC(=O)OC(C)(C)C. The predicted octanol–water partition coefficient (Wildman–Crippen LogP) is 2.92. The molecule has 0 unspecified atom stereocenters. The standard InChI is InChI=1S/C15H24IN3O4/c1-7-22-12(20)11-10(16)8-18-19(11)15(5,6)9-17-13(21)23-14(2,3)4/h8H,7,9H2,1-6H3,(H,17,21). The number of nitrogens with one attached hydrogen (secondary N) is 1. The third kappa shape index (κ3) is 5.67. The average molecular weight is 437 g/mol. The van der Waals surface area contributed by atoms with Gasteiger partial charge in [0.15, 0.2) is 5.69 Å². The van der Waals surface area contributed by atoms with Crippen molar-refractivity contribution < 1.29 is 19.1 Å². The van der Waals surface area contributed by atoms with Crippen LogP contribution in [0, 0.1) is 3.57 Å². The molecule has 0 atom stereocenters. The molecule has 0 radical (unpaired) electrons. The molecule has 0 aromatic carbocycles. The summed E-state index contributed by atoms with van der Waals surface area (Å²) in [6.07, 6.45) is 1.09. The lowest BCUT2D eigenvalue weighted by Crippen LogP contribution is -2.44. The van der Waals surface area contributed by atoms with Crippen LogP contribution in [0.5, 0.6) is 0 Å². The van der Waals surface area contributed by atoms with E-state index < -0.39 is 23.2 Å². The maximum Gasteiger partial charge on any atom is 0.407 e. The molecule has 8 heteroatoms. The Morgan fingerprint density at radius 1 is 1.30 bits per heavy atom. The van der Waals surface area contributed by atoms with Crippen LogP contribution in [0.3, 0.4) is 0 Å². The first-order valence-corrected chi connectivity index (χ1v) is 8.44. The maximum atomic E-state index is 12.1. The average Bonchev–Trinajstić information content (AvgIpc) is 2.77. The van der Waals surface area contributed by atoms with Crippen LogP contribution >= 0.6 is 22.6 Å². The van der Waals surface area contributed by atoms with Gasteiger partial charge < -0.3 is 14.8 Å². The van der Waals surface area contributed by atoms with Gasteiger partial charge in [0.2, 0.25) is 0 Å².